The van der Waals surface area contributed by atoms with Crippen LogP contribution in [0.25, 0.3) is 0 Å². The molecular formula is C9H18ClNO2. The van der Waals surface area contributed by atoms with Crippen LogP contribution in [0, 0.1) is 0 Å². The smallest absolute Gasteiger partial charge is 0.0802 e. The number of aliphatic hydroxyl groups excluding tert-OH is 1. The number of nitrogens with zero attached hydrogens (tertiary/aromatic N) is 1. The molecule has 1 rings (SSSR count). The van der Waals surface area contributed by atoms with E-state index in [4.69, 9.17) is 11.6 Å². The van der Waals surface area contributed by atoms with Gasteiger partial charge in [-0.3, -0.25) is 0 Å². The lowest BCUT2D eigenvalue weighted by Gasteiger charge is -2.36. The van der Waals surface area contributed by atoms with Crippen molar-refractivity contribution < 1.29 is 10.2 Å². The van der Waals surface area contributed by atoms with Gasteiger partial charge in [-0.15, -0.1) is 11.6 Å². The molecule has 0 aromatic rings. The molecular weight excluding hydrogens is 190 g/mol. The van der Waals surface area contributed by atoms with Crippen LogP contribution in [0.3, 0.4) is 0 Å². The van der Waals surface area contributed by atoms with E-state index in [2.05, 4.69) is 4.90 Å². The highest BCUT2D eigenvalue weighted by Gasteiger charge is 2.27. The minimum atomic E-state index is -0.511. The Labute approximate surface area is 84.3 Å². The van der Waals surface area contributed by atoms with Gasteiger partial charge in [0.1, 0.15) is 0 Å². The minimum Gasteiger partial charge on any atom is -0.391 e. The molecule has 1 aliphatic heterocycles. The van der Waals surface area contributed by atoms with Crippen molar-refractivity contribution in [1.29, 1.82) is 0 Å². The normalized spacial score (nSPS) is 25.8. The summed E-state index contributed by atoms with van der Waals surface area (Å²) in [6, 6.07) is 0. The fourth-order valence-corrected chi connectivity index (χ4v) is 1.66. The highest BCUT2D eigenvalue weighted by molar-refractivity contribution is 6.18. The number of halogens is 1. The highest BCUT2D eigenvalue weighted by Crippen LogP contribution is 2.20. The third-order valence-corrected chi connectivity index (χ3v) is 2.94. The van der Waals surface area contributed by atoms with E-state index in [0.29, 0.717) is 6.54 Å². The molecule has 0 aliphatic carbocycles. The predicted octanol–water partition coefficient (Wildman–Crippen LogP) is 0.433. The molecule has 3 nitrogen and oxygen atoms in total. The Balaban J connectivity index is 2.25. The second kappa shape index (κ2) is 4.60. The van der Waals surface area contributed by atoms with Crippen LogP contribution >= 0.6 is 11.6 Å². The van der Waals surface area contributed by atoms with E-state index in [-0.39, 0.29) is 5.88 Å². The number of piperidine rings is 1. The van der Waals surface area contributed by atoms with Gasteiger partial charge in [-0.2, -0.15) is 0 Å². The quantitative estimate of drug-likeness (QED) is 0.660. The summed E-state index contributed by atoms with van der Waals surface area (Å²) in [5, 5.41) is 19.0. The number of alkyl halides is 1. The van der Waals surface area contributed by atoms with Gasteiger partial charge in [-0.05, 0) is 19.8 Å². The molecule has 1 aliphatic rings. The maximum absolute atomic E-state index is 9.67. The standard InChI is InChI=1S/C9H18ClNO2/c1-9(13)2-4-11(5-3-9)7-8(12)6-10/h8,12-13H,2-7H2,1H3. The molecule has 0 aromatic carbocycles. The van der Waals surface area contributed by atoms with Gasteiger partial charge >= 0.3 is 0 Å². The van der Waals surface area contributed by atoms with Crippen molar-refractivity contribution in [1.82, 2.24) is 4.90 Å². The number of rotatable bonds is 3. The van der Waals surface area contributed by atoms with Crippen LogP contribution in [0.5, 0.6) is 0 Å². The van der Waals surface area contributed by atoms with Gasteiger partial charge in [0, 0.05) is 25.5 Å². The molecule has 1 atom stereocenters. The van der Waals surface area contributed by atoms with Crippen molar-refractivity contribution in [3.05, 3.63) is 0 Å². The summed E-state index contributed by atoms with van der Waals surface area (Å²) in [5.41, 5.74) is -0.511. The molecule has 1 fully saturated rings. The summed E-state index contributed by atoms with van der Waals surface area (Å²) in [7, 11) is 0. The van der Waals surface area contributed by atoms with Crippen molar-refractivity contribution in [3.8, 4) is 0 Å². The van der Waals surface area contributed by atoms with Crippen LogP contribution in [0.1, 0.15) is 19.8 Å². The molecule has 0 saturated carbocycles. The van der Waals surface area contributed by atoms with Gasteiger partial charge in [-0.1, -0.05) is 0 Å². The third-order valence-electron chi connectivity index (χ3n) is 2.58. The fourth-order valence-electron chi connectivity index (χ4n) is 1.56. The SMILES string of the molecule is CC1(O)CCN(CC(O)CCl)CC1. The highest BCUT2D eigenvalue weighted by atomic mass is 35.5. The Hall–Kier alpha value is 0.170. The monoisotopic (exact) mass is 207 g/mol. The maximum atomic E-state index is 9.67. The molecule has 0 radical (unpaired) electrons. The molecule has 2 N–H and O–H groups in total. The second-order valence-electron chi connectivity index (χ2n) is 4.11. The van der Waals surface area contributed by atoms with Crippen molar-refractivity contribution in [2.75, 3.05) is 25.5 Å². The summed E-state index contributed by atoms with van der Waals surface area (Å²) < 4.78 is 0. The Morgan fingerprint density at radius 1 is 1.46 bits per heavy atom. The first kappa shape index (κ1) is 11.2. The summed E-state index contributed by atoms with van der Waals surface area (Å²) in [5.74, 6) is 0.285. The van der Waals surface area contributed by atoms with Crippen LogP contribution < -0.4 is 0 Å². The lowest BCUT2D eigenvalue weighted by Crippen LogP contribution is -2.45. The van der Waals surface area contributed by atoms with Gasteiger partial charge < -0.3 is 15.1 Å². The molecule has 0 aromatic heterocycles. The van der Waals surface area contributed by atoms with Crippen LogP contribution in [-0.4, -0.2) is 52.3 Å². The number of aliphatic hydroxyl groups is 2. The van der Waals surface area contributed by atoms with Crippen molar-refractivity contribution in [2.45, 2.75) is 31.5 Å². The van der Waals surface area contributed by atoms with Gasteiger partial charge in [0.2, 0.25) is 0 Å². The van der Waals surface area contributed by atoms with E-state index >= 15 is 0 Å². The van der Waals surface area contributed by atoms with Crippen LogP contribution in [0.4, 0.5) is 0 Å². The average Bonchev–Trinajstić information content (AvgIpc) is 2.08. The van der Waals surface area contributed by atoms with E-state index in [0.717, 1.165) is 25.9 Å². The molecule has 0 amide bonds. The summed E-state index contributed by atoms with van der Waals surface area (Å²) >= 11 is 5.50. The largest absolute Gasteiger partial charge is 0.391 e. The molecule has 0 spiro atoms. The molecule has 1 unspecified atom stereocenters. The summed E-state index contributed by atoms with van der Waals surface area (Å²) in [4.78, 5) is 2.14. The van der Waals surface area contributed by atoms with Crippen LogP contribution in [0.15, 0.2) is 0 Å². The van der Waals surface area contributed by atoms with Crippen molar-refractivity contribution in [3.63, 3.8) is 0 Å². The Bertz CT molecular complexity index is 154. The number of likely N-dealkylation sites (tertiary alicyclic amines) is 1. The minimum absolute atomic E-state index is 0.285. The molecule has 13 heavy (non-hydrogen) atoms. The first-order valence-electron chi connectivity index (χ1n) is 4.72. The average molecular weight is 208 g/mol. The molecule has 1 heterocycles. The van der Waals surface area contributed by atoms with Crippen molar-refractivity contribution >= 4 is 11.6 Å². The zero-order valence-corrected chi connectivity index (χ0v) is 8.80. The molecule has 0 bridgehead atoms. The number of hydrogen-bond acceptors (Lipinski definition) is 3. The second-order valence-corrected chi connectivity index (χ2v) is 4.41. The summed E-state index contributed by atoms with van der Waals surface area (Å²) in [6.45, 7) is 4.18. The zero-order chi connectivity index (χ0) is 9.90. The maximum Gasteiger partial charge on any atom is 0.0802 e. The molecule has 1 saturated heterocycles. The van der Waals surface area contributed by atoms with Gasteiger partial charge in [0.25, 0.3) is 0 Å². The first-order chi connectivity index (χ1) is 6.03. The van der Waals surface area contributed by atoms with E-state index in [9.17, 15) is 10.2 Å². The lowest BCUT2D eigenvalue weighted by molar-refractivity contribution is -0.0140. The Kier molecular flexibility index (Phi) is 3.98. The predicted molar refractivity (Wildman–Crippen MR) is 53.0 cm³/mol. The zero-order valence-electron chi connectivity index (χ0n) is 8.04. The third kappa shape index (κ3) is 3.81. The topological polar surface area (TPSA) is 43.7 Å². The van der Waals surface area contributed by atoms with Crippen molar-refractivity contribution in [2.24, 2.45) is 0 Å². The Morgan fingerprint density at radius 2 is 2.00 bits per heavy atom. The first-order valence-corrected chi connectivity index (χ1v) is 5.26. The van der Waals surface area contributed by atoms with Gasteiger partial charge in [-0.25, -0.2) is 0 Å². The van der Waals surface area contributed by atoms with Gasteiger partial charge in [0.15, 0.2) is 0 Å². The fraction of sp³-hybridized carbons (Fsp3) is 1.00. The van der Waals surface area contributed by atoms with Gasteiger partial charge in [0.05, 0.1) is 11.7 Å². The lowest BCUT2D eigenvalue weighted by atomic mass is 9.94. The van der Waals surface area contributed by atoms with E-state index < -0.39 is 11.7 Å². The molecule has 78 valence electrons. The van der Waals surface area contributed by atoms with E-state index in [1.54, 1.807) is 0 Å². The van der Waals surface area contributed by atoms with E-state index in [1.165, 1.54) is 0 Å². The molecule has 4 heteroatoms. The Morgan fingerprint density at radius 3 is 2.46 bits per heavy atom. The van der Waals surface area contributed by atoms with E-state index in [1.807, 2.05) is 6.92 Å². The number of hydrogen-bond donors (Lipinski definition) is 2. The van der Waals surface area contributed by atoms with Crippen LogP contribution in [-0.2, 0) is 0 Å². The van der Waals surface area contributed by atoms with Crippen LogP contribution in [0.2, 0.25) is 0 Å². The number of β-amino-alcohol motifs (C(OH)–C–C–N with tert-alkyl or cyclic N) is 1. The summed E-state index contributed by atoms with van der Waals surface area (Å²) in [6.07, 6.45) is 1.12.